The lowest BCUT2D eigenvalue weighted by atomic mass is 9.90. The fourth-order valence-electron chi connectivity index (χ4n) is 4.46. The van der Waals surface area contributed by atoms with Crippen LogP contribution in [0.15, 0.2) is 41.2 Å². The molecule has 3 heteroatoms. The molecule has 0 fully saturated rings. The highest BCUT2D eigenvalue weighted by Crippen LogP contribution is 2.31. The number of rotatable bonds is 4. The minimum absolute atomic E-state index is 0.157. The summed E-state index contributed by atoms with van der Waals surface area (Å²) in [4.78, 5) is 12.2. The van der Waals surface area contributed by atoms with E-state index in [1.807, 2.05) is 4.57 Å². The number of hydrogen-bond acceptors (Lipinski definition) is 2. The molecular formula is C21H26N2O. The Kier molecular flexibility index (Phi) is 4.28. The van der Waals surface area contributed by atoms with Gasteiger partial charge < -0.3 is 9.88 Å². The number of hydrogen-bond donors (Lipinski definition) is 1. The van der Waals surface area contributed by atoms with Gasteiger partial charge in [0.05, 0.1) is 0 Å². The molecule has 1 unspecified atom stereocenters. The van der Waals surface area contributed by atoms with Crippen molar-refractivity contribution in [2.24, 2.45) is 0 Å². The first kappa shape index (κ1) is 15.6. The Morgan fingerprint density at radius 2 is 1.88 bits per heavy atom. The van der Waals surface area contributed by atoms with Crippen LogP contribution in [0.5, 0.6) is 0 Å². The molecule has 0 radical (unpaired) electrons. The molecule has 126 valence electrons. The highest BCUT2D eigenvalue weighted by Gasteiger charge is 2.28. The van der Waals surface area contributed by atoms with Crippen molar-refractivity contribution in [3.05, 3.63) is 69.1 Å². The summed E-state index contributed by atoms with van der Waals surface area (Å²) in [5, 5.41) is 3.89. The fraction of sp³-hybridized carbons (Fsp3) is 0.476. The summed E-state index contributed by atoms with van der Waals surface area (Å²) in [6, 6.07) is 13.5. The maximum atomic E-state index is 12.2. The van der Waals surface area contributed by atoms with Crippen molar-refractivity contribution in [1.82, 2.24) is 9.88 Å². The monoisotopic (exact) mass is 322 g/mol. The van der Waals surface area contributed by atoms with Crippen molar-refractivity contribution in [3.8, 4) is 0 Å². The van der Waals surface area contributed by atoms with Gasteiger partial charge in [0.1, 0.15) is 0 Å². The summed E-state index contributed by atoms with van der Waals surface area (Å²) < 4.78 is 2.01. The third-order valence-corrected chi connectivity index (χ3v) is 5.55. The minimum atomic E-state index is 0.157. The number of nitrogens with one attached hydrogen (secondary N) is 1. The third kappa shape index (κ3) is 2.82. The molecule has 2 aliphatic rings. The molecule has 0 saturated carbocycles. The molecule has 1 atom stereocenters. The molecule has 2 aromatic rings. The van der Waals surface area contributed by atoms with Crippen molar-refractivity contribution < 1.29 is 0 Å². The smallest absolute Gasteiger partial charge is 0.250 e. The topological polar surface area (TPSA) is 34.0 Å². The van der Waals surface area contributed by atoms with Crippen molar-refractivity contribution in [2.45, 2.75) is 64.1 Å². The van der Waals surface area contributed by atoms with Crippen LogP contribution in [-0.4, -0.2) is 10.6 Å². The molecule has 0 aliphatic heterocycles. The molecule has 1 heterocycles. The summed E-state index contributed by atoms with van der Waals surface area (Å²) in [5.41, 5.74) is 5.75. The van der Waals surface area contributed by atoms with Crippen LogP contribution in [0.4, 0.5) is 0 Å². The van der Waals surface area contributed by atoms with E-state index in [0.717, 1.165) is 38.6 Å². The van der Waals surface area contributed by atoms with Crippen molar-refractivity contribution in [2.75, 3.05) is 0 Å². The van der Waals surface area contributed by atoms with Crippen LogP contribution >= 0.6 is 0 Å². The van der Waals surface area contributed by atoms with E-state index >= 15 is 0 Å². The van der Waals surface area contributed by atoms with Gasteiger partial charge in [0.2, 0.25) is 0 Å². The molecule has 0 spiro atoms. The van der Waals surface area contributed by atoms with E-state index in [1.54, 1.807) is 6.07 Å². The molecule has 2 aliphatic carbocycles. The highest BCUT2D eigenvalue weighted by molar-refractivity contribution is 5.34. The summed E-state index contributed by atoms with van der Waals surface area (Å²) in [7, 11) is 0. The predicted molar refractivity (Wildman–Crippen MR) is 97.4 cm³/mol. The van der Waals surface area contributed by atoms with Crippen molar-refractivity contribution in [3.63, 3.8) is 0 Å². The molecular weight excluding hydrogens is 296 g/mol. The second-order valence-electron chi connectivity index (χ2n) is 7.21. The molecule has 4 rings (SSSR count). The molecule has 0 saturated heterocycles. The number of fused-ring (bicyclic) bond motifs is 2. The van der Waals surface area contributed by atoms with E-state index in [2.05, 4.69) is 42.6 Å². The van der Waals surface area contributed by atoms with Crippen molar-refractivity contribution >= 4 is 0 Å². The van der Waals surface area contributed by atoms with Crippen LogP contribution in [0.25, 0.3) is 0 Å². The fourth-order valence-corrected chi connectivity index (χ4v) is 4.46. The Balaban J connectivity index is 1.57. The van der Waals surface area contributed by atoms with Gasteiger partial charge in [-0.15, -0.1) is 0 Å². The normalized spacial score (nSPS) is 20.0. The predicted octanol–water partition coefficient (Wildman–Crippen LogP) is 3.39. The van der Waals surface area contributed by atoms with Crippen molar-refractivity contribution in [1.29, 1.82) is 0 Å². The summed E-state index contributed by atoms with van der Waals surface area (Å²) in [6.45, 7) is 2.98. The highest BCUT2D eigenvalue weighted by atomic mass is 16.1. The number of pyridine rings is 1. The molecule has 24 heavy (non-hydrogen) atoms. The van der Waals surface area contributed by atoms with Gasteiger partial charge in [-0.2, -0.15) is 0 Å². The van der Waals surface area contributed by atoms with Gasteiger partial charge in [0.15, 0.2) is 0 Å². The van der Waals surface area contributed by atoms with Crippen LogP contribution < -0.4 is 10.9 Å². The maximum absolute atomic E-state index is 12.2. The zero-order valence-corrected chi connectivity index (χ0v) is 14.4. The SMILES string of the molecule is CCCn1c2c(ccc1=O)C(NC1Cc3ccccc3C1)CCC2. The van der Waals surface area contributed by atoms with Gasteiger partial charge in [-0.25, -0.2) is 0 Å². The van der Waals surface area contributed by atoms with Crippen LogP contribution in [0.3, 0.4) is 0 Å². The van der Waals surface area contributed by atoms with Gasteiger partial charge in [-0.3, -0.25) is 4.79 Å². The Bertz CT molecular complexity index is 768. The van der Waals surface area contributed by atoms with E-state index in [9.17, 15) is 4.79 Å². The lowest BCUT2D eigenvalue weighted by molar-refractivity contribution is 0.390. The van der Waals surface area contributed by atoms with E-state index in [4.69, 9.17) is 0 Å². The average Bonchev–Trinajstić information content (AvgIpc) is 3.00. The maximum Gasteiger partial charge on any atom is 0.250 e. The summed E-state index contributed by atoms with van der Waals surface area (Å²) in [5.74, 6) is 0. The molecule has 0 bridgehead atoms. The number of benzene rings is 1. The quantitative estimate of drug-likeness (QED) is 0.936. The zero-order chi connectivity index (χ0) is 16.5. The third-order valence-electron chi connectivity index (χ3n) is 5.55. The van der Waals surface area contributed by atoms with E-state index < -0.39 is 0 Å². The standard InChI is InChI=1S/C21H26N2O/c1-2-12-23-20-9-5-8-19(18(20)10-11-21(23)24)22-17-13-15-6-3-4-7-16(15)14-17/h3-4,6-7,10-11,17,19,22H,2,5,8-9,12-14H2,1H3. The summed E-state index contributed by atoms with van der Waals surface area (Å²) in [6.07, 6.45) is 6.62. The van der Waals surface area contributed by atoms with Crippen LogP contribution in [0.1, 0.15) is 54.6 Å². The number of nitrogens with zero attached hydrogens (tertiary/aromatic N) is 1. The van der Waals surface area contributed by atoms with Gasteiger partial charge in [0, 0.05) is 30.4 Å². The van der Waals surface area contributed by atoms with Gasteiger partial charge in [-0.05, 0) is 55.2 Å². The van der Waals surface area contributed by atoms with Crippen LogP contribution in [0.2, 0.25) is 0 Å². The van der Waals surface area contributed by atoms with Gasteiger partial charge in [0.25, 0.3) is 5.56 Å². The van der Waals surface area contributed by atoms with Gasteiger partial charge >= 0.3 is 0 Å². The Labute approximate surface area is 143 Å². The second-order valence-corrected chi connectivity index (χ2v) is 7.21. The van der Waals surface area contributed by atoms with E-state index in [1.165, 1.54) is 28.8 Å². The van der Waals surface area contributed by atoms with E-state index in [-0.39, 0.29) is 5.56 Å². The largest absolute Gasteiger partial charge is 0.312 e. The molecule has 1 N–H and O–H groups in total. The second kappa shape index (κ2) is 6.56. The Morgan fingerprint density at radius 1 is 1.12 bits per heavy atom. The molecule has 1 aromatic carbocycles. The summed E-state index contributed by atoms with van der Waals surface area (Å²) >= 11 is 0. The molecule has 3 nitrogen and oxygen atoms in total. The minimum Gasteiger partial charge on any atom is -0.312 e. The Hall–Kier alpha value is -1.87. The lowest BCUT2D eigenvalue weighted by Crippen LogP contribution is -2.37. The molecule has 0 amide bonds. The molecule has 1 aromatic heterocycles. The lowest BCUT2D eigenvalue weighted by Gasteiger charge is -2.30. The van der Waals surface area contributed by atoms with E-state index in [0.29, 0.717) is 12.1 Å². The van der Waals surface area contributed by atoms with Gasteiger partial charge in [-0.1, -0.05) is 37.3 Å². The first-order valence-electron chi connectivity index (χ1n) is 9.31. The first-order valence-corrected chi connectivity index (χ1v) is 9.31. The van der Waals surface area contributed by atoms with Crippen LogP contribution in [-0.2, 0) is 25.8 Å². The Morgan fingerprint density at radius 3 is 2.58 bits per heavy atom. The van der Waals surface area contributed by atoms with Crippen LogP contribution in [0, 0.1) is 0 Å². The zero-order valence-electron chi connectivity index (χ0n) is 14.4. The first-order chi connectivity index (χ1) is 11.8. The number of aromatic nitrogens is 1. The average molecular weight is 322 g/mol.